The zero-order valence-corrected chi connectivity index (χ0v) is 63.9. The monoisotopic (exact) mass is 1410 g/mol. The highest BCUT2D eigenvalue weighted by Crippen LogP contribution is 2.45. The summed E-state index contributed by atoms with van der Waals surface area (Å²) in [6.07, 6.45) is 59.3. The van der Waals surface area contributed by atoms with E-state index in [1.54, 1.807) is 0 Å². The Kier molecular flexibility index (Phi) is 66.6. The summed E-state index contributed by atoms with van der Waals surface area (Å²) in [5, 5.41) is 10.6. The minimum Gasteiger partial charge on any atom is -0.462 e. The molecule has 0 aromatic carbocycles. The predicted octanol–water partition coefficient (Wildman–Crippen LogP) is 22.3. The van der Waals surface area contributed by atoms with E-state index in [0.29, 0.717) is 37.5 Å². The van der Waals surface area contributed by atoms with Crippen molar-refractivity contribution in [2.45, 2.75) is 394 Å². The van der Waals surface area contributed by atoms with Gasteiger partial charge in [0.15, 0.2) is 12.2 Å². The number of carbonyl (C=O) groups is 4. The molecule has 0 saturated carbocycles. The van der Waals surface area contributed by atoms with Crippen molar-refractivity contribution in [1.82, 2.24) is 0 Å². The van der Waals surface area contributed by atoms with Crippen LogP contribution in [-0.4, -0.2) is 96.7 Å². The summed E-state index contributed by atoms with van der Waals surface area (Å²) in [7, 11) is -9.92. The van der Waals surface area contributed by atoms with Crippen molar-refractivity contribution in [2.24, 2.45) is 11.8 Å². The highest BCUT2D eigenvalue weighted by atomic mass is 31.2. The molecule has 0 fully saturated rings. The van der Waals surface area contributed by atoms with Gasteiger partial charge in [0.05, 0.1) is 26.4 Å². The first-order valence-corrected chi connectivity index (χ1v) is 42.3. The lowest BCUT2D eigenvalue weighted by atomic mass is 10.0. The van der Waals surface area contributed by atoms with E-state index < -0.39 is 97.5 Å². The molecule has 17 nitrogen and oxygen atoms in total. The quantitative estimate of drug-likeness (QED) is 0.0169. The Morgan fingerprint density at radius 3 is 0.854 bits per heavy atom. The molecule has 0 spiro atoms. The lowest BCUT2D eigenvalue weighted by Crippen LogP contribution is -2.30. The maximum absolute atomic E-state index is 13.1. The summed E-state index contributed by atoms with van der Waals surface area (Å²) in [4.78, 5) is 72.8. The summed E-state index contributed by atoms with van der Waals surface area (Å²) >= 11 is 0. The Morgan fingerprint density at radius 2 is 0.562 bits per heavy atom. The molecule has 0 aliphatic heterocycles. The van der Waals surface area contributed by atoms with E-state index >= 15 is 0 Å². The van der Waals surface area contributed by atoms with Crippen molar-refractivity contribution in [3.8, 4) is 0 Å². The van der Waals surface area contributed by atoms with E-state index in [4.69, 9.17) is 37.0 Å². The van der Waals surface area contributed by atoms with Crippen LogP contribution in [0.1, 0.15) is 375 Å². The fourth-order valence-corrected chi connectivity index (χ4v) is 12.9. The van der Waals surface area contributed by atoms with Crippen LogP contribution in [0.15, 0.2) is 24.3 Å². The number of esters is 4. The number of phosphoric acid groups is 2. The van der Waals surface area contributed by atoms with Gasteiger partial charge >= 0.3 is 39.5 Å². The smallest absolute Gasteiger partial charge is 0.462 e. The number of aliphatic hydroxyl groups excluding tert-OH is 1. The highest BCUT2D eigenvalue weighted by molar-refractivity contribution is 7.47. The van der Waals surface area contributed by atoms with E-state index in [0.717, 1.165) is 116 Å². The number of rotatable bonds is 74. The zero-order valence-electron chi connectivity index (χ0n) is 62.2. The van der Waals surface area contributed by atoms with E-state index in [-0.39, 0.29) is 25.7 Å². The van der Waals surface area contributed by atoms with Crippen LogP contribution in [0.4, 0.5) is 0 Å². The zero-order chi connectivity index (χ0) is 70.7. The molecule has 0 bridgehead atoms. The Hall–Kier alpha value is -2.46. The van der Waals surface area contributed by atoms with Gasteiger partial charge in [0.25, 0.3) is 0 Å². The van der Waals surface area contributed by atoms with Gasteiger partial charge in [-0.25, -0.2) is 9.13 Å². The molecule has 0 aliphatic carbocycles. The Balaban J connectivity index is 5.25. The molecule has 0 aromatic heterocycles. The molecule has 0 aliphatic rings. The van der Waals surface area contributed by atoms with Gasteiger partial charge in [0, 0.05) is 25.7 Å². The van der Waals surface area contributed by atoms with Crippen molar-refractivity contribution in [3.63, 3.8) is 0 Å². The van der Waals surface area contributed by atoms with Crippen LogP contribution < -0.4 is 0 Å². The van der Waals surface area contributed by atoms with Gasteiger partial charge in [0.2, 0.25) is 0 Å². The standard InChI is InChI=1S/C77H146O17P2/c1-7-9-11-13-15-17-19-21-23-24-25-26-27-29-31-33-35-42-49-55-61-76(81)93-72(65-87-74(79)59-53-47-41-34-32-30-28-22-20-18-16-14-12-10-8-2)67-91-95(83,84)89-63-71(78)64-90-96(85,86)92-68-73(66-88-75(80)60-54-48-44-38-40-46-52-58-70(5)6)94-77(82)62-56-50-43-37-36-39-45-51-57-69(3)4/h18,20,22,28,69-73,78H,7-17,19,21,23-27,29-68H2,1-6H3,(H,83,84)(H,85,86)/b20-18-,28-22-/t71-,72-,73-/m1/s1. The third-order valence-electron chi connectivity index (χ3n) is 17.3. The number of carbonyl (C=O) groups excluding carboxylic acids is 4. The summed E-state index contributed by atoms with van der Waals surface area (Å²) < 4.78 is 68.5. The predicted molar refractivity (Wildman–Crippen MR) is 391 cm³/mol. The molecular formula is C77H146O17P2. The molecule has 19 heteroatoms. The minimum atomic E-state index is -4.97. The van der Waals surface area contributed by atoms with E-state index in [2.05, 4.69) is 65.8 Å². The average molecular weight is 1410 g/mol. The van der Waals surface area contributed by atoms with Gasteiger partial charge < -0.3 is 33.8 Å². The van der Waals surface area contributed by atoms with Crippen LogP contribution in [0.25, 0.3) is 0 Å². The van der Waals surface area contributed by atoms with Crippen LogP contribution in [-0.2, 0) is 65.4 Å². The number of allylic oxidation sites excluding steroid dienone is 4. The summed E-state index contributed by atoms with van der Waals surface area (Å²) in [5.74, 6) is -0.729. The van der Waals surface area contributed by atoms with Gasteiger partial charge in [-0.15, -0.1) is 0 Å². The SMILES string of the molecule is CCCCCC/C=C\C=C/CCCCCCCC(=O)OC[C@H](COP(=O)(O)OC[C@@H](O)COP(=O)(O)OC[C@@H](COC(=O)CCCCCCCCCC(C)C)OC(=O)CCCCCCCCCCC(C)C)OC(=O)CCCCCCCCCCCCCCCCCCCCCC. The summed E-state index contributed by atoms with van der Waals surface area (Å²) in [6, 6.07) is 0. The van der Waals surface area contributed by atoms with Crippen LogP contribution in [0.2, 0.25) is 0 Å². The van der Waals surface area contributed by atoms with Gasteiger partial charge in [-0.3, -0.25) is 37.3 Å². The number of hydrogen-bond donors (Lipinski definition) is 3. The van der Waals surface area contributed by atoms with Crippen molar-refractivity contribution in [3.05, 3.63) is 24.3 Å². The second-order valence-electron chi connectivity index (χ2n) is 28.0. The van der Waals surface area contributed by atoms with Crippen LogP contribution in [0.5, 0.6) is 0 Å². The molecule has 0 heterocycles. The molecule has 3 N–H and O–H groups in total. The number of ether oxygens (including phenoxy) is 4. The van der Waals surface area contributed by atoms with Crippen molar-refractivity contribution < 1.29 is 80.2 Å². The molecule has 5 atom stereocenters. The number of phosphoric ester groups is 2. The third kappa shape index (κ3) is 70.0. The molecule has 96 heavy (non-hydrogen) atoms. The van der Waals surface area contributed by atoms with Crippen molar-refractivity contribution in [2.75, 3.05) is 39.6 Å². The highest BCUT2D eigenvalue weighted by Gasteiger charge is 2.30. The summed E-state index contributed by atoms with van der Waals surface area (Å²) in [6.45, 7) is 9.43. The van der Waals surface area contributed by atoms with Gasteiger partial charge in [-0.2, -0.15) is 0 Å². The number of unbranched alkanes of at least 4 members (excludes halogenated alkanes) is 41. The fourth-order valence-electron chi connectivity index (χ4n) is 11.3. The summed E-state index contributed by atoms with van der Waals surface area (Å²) in [5.41, 5.74) is 0. The van der Waals surface area contributed by atoms with Crippen molar-refractivity contribution in [1.29, 1.82) is 0 Å². The van der Waals surface area contributed by atoms with Gasteiger partial charge in [-0.1, -0.05) is 323 Å². The lowest BCUT2D eigenvalue weighted by Gasteiger charge is -2.21. The molecule has 0 rings (SSSR count). The minimum absolute atomic E-state index is 0.101. The van der Waals surface area contributed by atoms with E-state index in [9.17, 15) is 43.2 Å². The Labute approximate surface area is 586 Å². The average Bonchev–Trinajstić information content (AvgIpc) is 1.92. The van der Waals surface area contributed by atoms with Crippen molar-refractivity contribution >= 4 is 39.5 Å². The Bertz CT molecular complexity index is 1950. The fraction of sp³-hybridized carbons (Fsp3) is 0.896. The normalized spacial score (nSPS) is 14.2. The van der Waals surface area contributed by atoms with Gasteiger partial charge in [0.1, 0.15) is 19.3 Å². The first kappa shape index (κ1) is 93.5. The maximum atomic E-state index is 13.1. The molecule has 0 saturated heterocycles. The van der Waals surface area contributed by atoms with Crippen LogP contribution in [0, 0.1) is 11.8 Å². The largest absolute Gasteiger partial charge is 0.472 e. The third-order valence-corrected chi connectivity index (χ3v) is 19.2. The van der Waals surface area contributed by atoms with Crippen LogP contribution in [0.3, 0.4) is 0 Å². The molecule has 0 radical (unpaired) electrons. The first-order valence-electron chi connectivity index (χ1n) is 39.3. The topological polar surface area (TPSA) is 237 Å². The number of hydrogen-bond acceptors (Lipinski definition) is 15. The first-order chi connectivity index (χ1) is 46.4. The Morgan fingerprint density at radius 1 is 0.323 bits per heavy atom. The molecular weight excluding hydrogens is 1260 g/mol. The molecule has 2 unspecified atom stereocenters. The van der Waals surface area contributed by atoms with E-state index in [1.807, 2.05) is 0 Å². The number of aliphatic hydroxyl groups is 1. The van der Waals surface area contributed by atoms with Crippen LogP contribution >= 0.6 is 15.6 Å². The van der Waals surface area contributed by atoms with Gasteiger partial charge in [-0.05, 0) is 63.2 Å². The maximum Gasteiger partial charge on any atom is 0.472 e. The molecule has 566 valence electrons. The van der Waals surface area contributed by atoms with E-state index in [1.165, 1.54) is 167 Å². The second-order valence-corrected chi connectivity index (χ2v) is 30.9. The second kappa shape index (κ2) is 68.3. The molecule has 0 aromatic rings. The lowest BCUT2D eigenvalue weighted by molar-refractivity contribution is -0.161. The molecule has 0 amide bonds.